The topological polar surface area (TPSA) is 57.5 Å². The third-order valence-electron chi connectivity index (χ3n) is 3.14. The molecule has 0 aliphatic carbocycles. The fraction of sp³-hybridized carbons (Fsp3) is 0.235. The van der Waals surface area contributed by atoms with Gasteiger partial charge in [0.05, 0.1) is 10.6 Å². The molecule has 2 aromatic rings. The Morgan fingerprint density at radius 3 is 2.29 bits per heavy atom. The van der Waals surface area contributed by atoms with Gasteiger partial charge in [0.25, 0.3) is 0 Å². The Labute approximate surface area is 128 Å². The maximum absolute atomic E-state index is 12.4. The first kappa shape index (κ1) is 15.4. The summed E-state index contributed by atoms with van der Waals surface area (Å²) in [5.41, 5.74) is 1.61. The standard InChI is InChI=1S/C17H17ClO3/c1-10(2)7-11-3-5-12(6-4-11)17(21)16-14(18)8-13(19)9-15(16)20/h3-6,8-10,19-20H,7H2,1-2H3. The molecule has 2 rings (SSSR count). The first-order valence-electron chi connectivity index (χ1n) is 6.73. The molecule has 0 heterocycles. The third kappa shape index (κ3) is 3.56. The molecule has 0 bridgehead atoms. The Hall–Kier alpha value is -2.00. The molecule has 0 unspecified atom stereocenters. The lowest BCUT2D eigenvalue weighted by Gasteiger charge is -2.09. The van der Waals surface area contributed by atoms with Crippen LogP contribution in [0.2, 0.25) is 5.02 Å². The van der Waals surface area contributed by atoms with Gasteiger partial charge in [0.1, 0.15) is 11.5 Å². The molecule has 0 radical (unpaired) electrons. The Balaban J connectivity index is 2.32. The summed E-state index contributed by atoms with van der Waals surface area (Å²) in [5, 5.41) is 19.2. The van der Waals surface area contributed by atoms with Gasteiger partial charge in [0.15, 0.2) is 5.78 Å². The van der Waals surface area contributed by atoms with E-state index in [9.17, 15) is 15.0 Å². The predicted octanol–water partition coefficient (Wildman–Crippen LogP) is 4.18. The van der Waals surface area contributed by atoms with Crippen molar-refractivity contribution in [1.29, 1.82) is 0 Å². The minimum Gasteiger partial charge on any atom is -0.508 e. The van der Waals surface area contributed by atoms with Crippen molar-refractivity contribution >= 4 is 17.4 Å². The number of rotatable bonds is 4. The van der Waals surface area contributed by atoms with Crippen LogP contribution in [0.5, 0.6) is 11.5 Å². The highest BCUT2D eigenvalue weighted by atomic mass is 35.5. The number of phenols is 2. The second-order valence-electron chi connectivity index (χ2n) is 5.45. The van der Waals surface area contributed by atoms with Gasteiger partial charge in [0.2, 0.25) is 0 Å². The molecule has 0 spiro atoms. The summed E-state index contributed by atoms with van der Waals surface area (Å²) in [7, 11) is 0. The highest BCUT2D eigenvalue weighted by Crippen LogP contribution is 2.32. The molecule has 0 atom stereocenters. The van der Waals surface area contributed by atoms with Crippen molar-refractivity contribution in [3.63, 3.8) is 0 Å². The zero-order chi connectivity index (χ0) is 15.6. The number of ketones is 1. The van der Waals surface area contributed by atoms with Gasteiger partial charge >= 0.3 is 0 Å². The lowest BCUT2D eigenvalue weighted by molar-refractivity contribution is 0.103. The van der Waals surface area contributed by atoms with E-state index in [1.165, 1.54) is 6.07 Å². The van der Waals surface area contributed by atoms with Crippen LogP contribution in [0, 0.1) is 5.92 Å². The number of carbonyl (C=O) groups excluding carboxylic acids is 1. The number of aromatic hydroxyl groups is 2. The maximum Gasteiger partial charge on any atom is 0.198 e. The number of carbonyl (C=O) groups is 1. The SMILES string of the molecule is CC(C)Cc1ccc(C(=O)c2c(O)cc(O)cc2Cl)cc1. The van der Waals surface area contributed by atoms with Crippen molar-refractivity contribution in [2.45, 2.75) is 20.3 Å². The van der Waals surface area contributed by atoms with Crippen LogP contribution >= 0.6 is 11.6 Å². The minimum atomic E-state index is -0.367. The molecule has 0 aromatic heterocycles. The first-order chi connectivity index (χ1) is 9.88. The van der Waals surface area contributed by atoms with Crippen LogP contribution in [-0.4, -0.2) is 16.0 Å². The zero-order valence-electron chi connectivity index (χ0n) is 11.9. The van der Waals surface area contributed by atoms with Gasteiger partial charge in [-0.2, -0.15) is 0 Å². The van der Waals surface area contributed by atoms with E-state index in [-0.39, 0.29) is 27.9 Å². The fourth-order valence-electron chi connectivity index (χ4n) is 2.21. The summed E-state index contributed by atoms with van der Waals surface area (Å²) in [4.78, 5) is 12.4. The van der Waals surface area contributed by atoms with Crippen molar-refractivity contribution in [3.05, 3.63) is 58.1 Å². The quantitative estimate of drug-likeness (QED) is 0.833. The molecular weight excluding hydrogens is 288 g/mol. The van der Waals surface area contributed by atoms with Gasteiger partial charge in [-0.25, -0.2) is 0 Å². The number of phenolic OH excluding ortho intramolecular Hbond substituents is 2. The van der Waals surface area contributed by atoms with Crippen molar-refractivity contribution in [1.82, 2.24) is 0 Å². The minimum absolute atomic E-state index is 0.00563. The predicted molar refractivity (Wildman–Crippen MR) is 83.2 cm³/mol. The monoisotopic (exact) mass is 304 g/mol. The van der Waals surface area contributed by atoms with E-state index < -0.39 is 0 Å². The van der Waals surface area contributed by atoms with E-state index in [0.29, 0.717) is 11.5 Å². The lowest BCUT2D eigenvalue weighted by Crippen LogP contribution is -2.03. The Bertz CT molecular complexity index is 637. The Morgan fingerprint density at radius 2 is 1.76 bits per heavy atom. The van der Waals surface area contributed by atoms with Gasteiger partial charge in [-0.15, -0.1) is 0 Å². The Kier molecular flexibility index (Phi) is 4.53. The van der Waals surface area contributed by atoms with Gasteiger partial charge in [-0.1, -0.05) is 49.7 Å². The zero-order valence-corrected chi connectivity index (χ0v) is 12.7. The van der Waals surface area contributed by atoms with E-state index in [1.807, 2.05) is 12.1 Å². The van der Waals surface area contributed by atoms with Crippen LogP contribution in [0.15, 0.2) is 36.4 Å². The maximum atomic E-state index is 12.4. The highest BCUT2D eigenvalue weighted by Gasteiger charge is 2.18. The molecule has 0 amide bonds. The van der Waals surface area contributed by atoms with Crippen LogP contribution in [0.4, 0.5) is 0 Å². The average Bonchev–Trinajstić information content (AvgIpc) is 2.37. The van der Waals surface area contributed by atoms with E-state index in [1.54, 1.807) is 12.1 Å². The van der Waals surface area contributed by atoms with E-state index >= 15 is 0 Å². The Morgan fingerprint density at radius 1 is 1.14 bits per heavy atom. The molecule has 0 saturated carbocycles. The normalized spacial score (nSPS) is 10.9. The van der Waals surface area contributed by atoms with Crippen LogP contribution in [0.3, 0.4) is 0 Å². The molecule has 21 heavy (non-hydrogen) atoms. The molecule has 3 nitrogen and oxygen atoms in total. The third-order valence-corrected chi connectivity index (χ3v) is 3.44. The summed E-state index contributed by atoms with van der Waals surface area (Å²) in [6.45, 7) is 4.26. The second-order valence-corrected chi connectivity index (χ2v) is 5.85. The van der Waals surface area contributed by atoms with Gasteiger partial charge in [-0.3, -0.25) is 4.79 Å². The molecule has 4 heteroatoms. The van der Waals surface area contributed by atoms with Crippen LogP contribution in [-0.2, 0) is 6.42 Å². The van der Waals surface area contributed by atoms with Crippen LogP contribution < -0.4 is 0 Å². The molecule has 110 valence electrons. The van der Waals surface area contributed by atoms with Gasteiger partial charge < -0.3 is 10.2 Å². The van der Waals surface area contributed by atoms with Gasteiger partial charge in [0, 0.05) is 11.6 Å². The van der Waals surface area contributed by atoms with Crippen molar-refractivity contribution in [2.24, 2.45) is 5.92 Å². The van der Waals surface area contributed by atoms with Crippen molar-refractivity contribution in [2.75, 3.05) is 0 Å². The average molecular weight is 305 g/mol. The fourth-order valence-corrected chi connectivity index (χ4v) is 2.51. The number of halogens is 1. The largest absolute Gasteiger partial charge is 0.508 e. The molecule has 0 saturated heterocycles. The number of hydrogen-bond acceptors (Lipinski definition) is 3. The molecule has 2 N–H and O–H groups in total. The first-order valence-corrected chi connectivity index (χ1v) is 7.11. The lowest BCUT2D eigenvalue weighted by atomic mass is 9.98. The van der Waals surface area contributed by atoms with Crippen LogP contribution in [0.1, 0.15) is 35.3 Å². The number of benzene rings is 2. The summed E-state index contributed by atoms with van der Waals surface area (Å²) >= 11 is 5.94. The molecule has 0 aliphatic heterocycles. The smallest absolute Gasteiger partial charge is 0.198 e. The van der Waals surface area contributed by atoms with Gasteiger partial charge in [-0.05, 0) is 24.0 Å². The van der Waals surface area contributed by atoms with E-state index in [0.717, 1.165) is 18.1 Å². The van der Waals surface area contributed by atoms with Crippen LogP contribution in [0.25, 0.3) is 0 Å². The van der Waals surface area contributed by atoms with Crippen molar-refractivity contribution in [3.8, 4) is 11.5 Å². The molecule has 2 aromatic carbocycles. The second kappa shape index (κ2) is 6.19. The highest BCUT2D eigenvalue weighted by molar-refractivity contribution is 6.35. The summed E-state index contributed by atoms with van der Waals surface area (Å²) < 4.78 is 0. The molecule has 0 aliphatic rings. The van der Waals surface area contributed by atoms with E-state index in [2.05, 4.69) is 13.8 Å². The number of hydrogen-bond donors (Lipinski definition) is 2. The molecular formula is C17H17ClO3. The summed E-state index contributed by atoms with van der Waals surface area (Å²) in [6.07, 6.45) is 0.944. The summed E-state index contributed by atoms with van der Waals surface area (Å²) in [6, 6.07) is 9.59. The summed E-state index contributed by atoms with van der Waals surface area (Å²) in [5.74, 6) is -0.326. The van der Waals surface area contributed by atoms with E-state index in [4.69, 9.17) is 11.6 Å². The molecule has 0 fully saturated rings. The van der Waals surface area contributed by atoms with Crippen molar-refractivity contribution < 1.29 is 15.0 Å².